The molecule has 0 saturated heterocycles. The molecule has 214 valence electrons. The second-order valence-electron chi connectivity index (χ2n) is 11.1. The fourth-order valence-corrected chi connectivity index (χ4v) is 6.24. The normalized spacial score (nSPS) is 11.0. The Hall–Kier alpha value is -6.44. The van der Waals surface area contributed by atoms with Crippen LogP contribution in [-0.2, 0) is 0 Å². The maximum Gasteiger partial charge on any atom is 0.165 e. The zero-order valence-corrected chi connectivity index (χ0v) is 24.8. The van der Waals surface area contributed by atoms with E-state index >= 15 is 0 Å². The van der Waals surface area contributed by atoms with Gasteiger partial charge in [-0.05, 0) is 44.3 Å². The van der Waals surface area contributed by atoms with Gasteiger partial charge >= 0.3 is 0 Å². The van der Waals surface area contributed by atoms with Gasteiger partial charge in [0.1, 0.15) is 0 Å². The predicted octanol–water partition coefficient (Wildman–Crippen LogP) is 10.4. The first-order valence-electron chi connectivity index (χ1n) is 15.2. The molecule has 0 unspecified atom stereocenters. The molecule has 46 heavy (non-hydrogen) atoms. The van der Waals surface area contributed by atoms with Gasteiger partial charge in [0.25, 0.3) is 0 Å². The summed E-state index contributed by atoms with van der Waals surface area (Å²) in [5, 5.41) is 14.2. The Kier molecular flexibility index (Phi) is 6.83. The molecule has 0 bridgehead atoms. The second-order valence-corrected chi connectivity index (χ2v) is 11.1. The van der Waals surface area contributed by atoms with E-state index in [2.05, 4.69) is 78.9 Å². The Morgan fingerprint density at radius 1 is 0.348 bits per heavy atom. The molecular formula is C42H26N4. The van der Waals surface area contributed by atoms with Crippen molar-refractivity contribution in [3.8, 4) is 62.5 Å². The summed E-state index contributed by atoms with van der Waals surface area (Å²) in [6, 6.07) is 55.7. The van der Waals surface area contributed by atoms with E-state index < -0.39 is 0 Å². The van der Waals surface area contributed by atoms with Crippen molar-refractivity contribution >= 4 is 21.5 Å². The van der Waals surface area contributed by atoms with Gasteiger partial charge in [-0.15, -0.1) is 0 Å². The summed E-state index contributed by atoms with van der Waals surface area (Å²) in [4.78, 5) is 15.3. The molecule has 0 N–H and O–H groups in total. The number of benzene rings is 7. The van der Waals surface area contributed by atoms with Gasteiger partial charge in [0.2, 0.25) is 0 Å². The maximum atomic E-state index is 9.73. The SMILES string of the molecule is N#Cc1ccccc1-c1ccc(-c2c(-c3nc(-c4ccccc4)nc(-c4ccccc4)n3)c3ccccc3c3ccccc23)cc1. The first kappa shape index (κ1) is 27.1. The number of hydrogen-bond acceptors (Lipinski definition) is 4. The second kappa shape index (κ2) is 11.6. The Morgan fingerprint density at radius 3 is 1.35 bits per heavy atom. The van der Waals surface area contributed by atoms with Crippen LogP contribution in [0.5, 0.6) is 0 Å². The van der Waals surface area contributed by atoms with Crippen molar-refractivity contribution in [3.63, 3.8) is 0 Å². The standard InChI is InChI=1S/C42H26N4/c43-27-32-17-7-8-18-33(32)28-23-25-29(26-24-28)38-36-21-11-9-19-34(36)35-20-10-12-22-37(35)39(38)42-45-40(30-13-3-1-4-14-30)44-41(46-42)31-15-5-2-6-16-31/h1-26H. The lowest BCUT2D eigenvalue weighted by atomic mass is 9.87. The Balaban J connectivity index is 1.44. The lowest BCUT2D eigenvalue weighted by Crippen LogP contribution is -2.02. The molecule has 0 aliphatic carbocycles. The van der Waals surface area contributed by atoms with Gasteiger partial charge in [-0.3, -0.25) is 0 Å². The lowest BCUT2D eigenvalue weighted by molar-refractivity contribution is 1.08. The Labute approximate surface area is 266 Å². The highest BCUT2D eigenvalue weighted by atomic mass is 15.0. The van der Waals surface area contributed by atoms with Crippen molar-refractivity contribution in [1.82, 2.24) is 15.0 Å². The molecule has 0 saturated carbocycles. The zero-order valence-electron chi connectivity index (χ0n) is 24.8. The minimum atomic E-state index is 0.614. The fourth-order valence-electron chi connectivity index (χ4n) is 6.24. The topological polar surface area (TPSA) is 62.5 Å². The number of aromatic nitrogens is 3. The quantitative estimate of drug-likeness (QED) is 0.188. The van der Waals surface area contributed by atoms with Gasteiger partial charge < -0.3 is 0 Å². The molecular weight excluding hydrogens is 560 g/mol. The molecule has 0 spiro atoms. The van der Waals surface area contributed by atoms with Crippen LogP contribution in [0.25, 0.3) is 78.0 Å². The Bertz CT molecular complexity index is 2350. The average molecular weight is 587 g/mol. The first-order valence-corrected chi connectivity index (χ1v) is 15.2. The van der Waals surface area contributed by atoms with E-state index in [4.69, 9.17) is 15.0 Å². The van der Waals surface area contributed by atoms with Crippen LogP contribution in [0.15, 0.2) is 158 Å². The molecule has 1 aromatic heterocycles. The van der Waals surface area contributed by atoms with E-state index in [1.807, 2.05) is 84.9 Å². The van der Waals surface area contributed by atoms with E-state index in [1.165, 1.54) is 0 Å². The summed E-state index contributed by atoms with van der Waals surface area (Å²) in [7, 11) is 0. The van der Waals surface area contributed by atoms with Crippen molar-refractivity contribution in [2.45, 2.75) is 0 Å². The van der Waals surface area contributed by atoms with Gasteiger partial charge in [0.15, 0.2) is 17.5 Å². The minimum absolute atomic E-state index is 0.614. The molecule has 0 radical (unpaired) electrons. The molecule has 1 heterocycles. The maximum absolute atomic E-state index is 9.73. The van der Waals surface area contributed by atoms with Crippen LogP contribution in [0.3, 0.4) is 0 Å². The monoisotopic (exact) mass is 586 g/mol. The summed E-state index contributed by atoms with van der Waals surface area (Å²) in [6.07, 6.45) is 0. The highest BCUT2D eigenvalue weighted by Gasteiger charge is 2.21. The molecule has 8 rings (SSSR count). The van der Waals surface area contributed by atoms with Crippen molar-refractivity contribution in [2.75, 3.05) is 0 Å². The zero-order chi connectivity index (χ0) is 30.9. The van der Waals surface area contributed by atoms with Crippen LogP contribution >= 0.6 is 0 Å². The highest BCUT2D eigenvalue weighted by molar-refractivity contribution is 6.21. The third-order valence-electron chi connectivity index (χ3n) is 8.39. The van der Waals surface area contributed by atoms with Gasteiger partial charge in [0.05, 0.1) is 11.6 Å². The molecule has 4 nitrogen and oxygen atoms in total. The highest BCUT2D eigenvalue weighted by Crippen LogP contribution is 2.44. The fraction of sp³-hybridized carbons (Fsp3) is 0. The van der Waals surface area contributed by atoms with Gasteiger partial charge in [-0.1, -0.05) is 152 Å². The summed E-state index contributed by atoms with van der Waals surface area (Å²) in [5.74, 6) is 1.86. The lowest BCUT2D eigenvalue weighted by Gasteiger charge is -2.18. The van der Waals surface area contributed by atoms with E-state index in [0.717, 1.165) is 60.5 Å². The molecule has 4 heteroatoms. The average Bonchev–Trinajstić information content (AvgIpc) is 3.15. The Morgan fingerprint density at radius 2 is 0.783 bits per heavy atom. The molecule has 0 aliphatic rings. The van der Waals surface area contributed by atoms with E-state index in [1.54, 1.807) is 0 Å². The number of fused-ring (bicyclic) bond motifs is 3. The van der Waals surface area contributed by atoms with Crippen LogP contribution in [-0.4, -0.2) is 15.0 Å². The van der Waals surface area contributed by atoms with Crippen molar-refractivity contribution < 1.29 is 0 Å². The van der Waals surface area contributed by atoms with Crippen molar-refractivity contribution in [2.24, 2.45) is 0 Å². The molecule has 7 aromatic carbocycles. The van der Waals surface area contributed by atoms with E-state index in [0.29, 0.717) is 23.0 Å². The molecule has 0 aliphatic heterocycles. The number of hydrogen-bond donors (Lipinski definition) is 0. The minimum Gasteiger partial charge on any atom is -0.208 e. The number of nitriles is 1. The van der Waals surface area contributed by atoms with Crippen LogP contribution in [0, 0.1) is 11.3 Å². The van der Waals surface area contributed by atoms with E-state index in [-0.39, 0.29) is 0 Å². The first-order chi connectivity index (χ1) is 22.8. The molecule has 8 aromatic rings. The largest absolute Gasteiger partial charge is 0.208 e. The molecule has 0 amide bonds. The van der Waals surface area contributed by atoms with Crippen LogP contribution in [0.2, 0.25) is 0 Å². The summed E-state index contributed by atoms with van der Waals surface area (Å²) in [5.41, 5.74) is 7.46. The van der Waals surface area contributed by atoms with Gasteiger partial charge in [0, 0.05) is 22.3 Å². The van der Waals surface area contributed by atoms with Crippen molar-refractivity contribution in [3.05, 3.63) is 163 Å². The summed E-state index contributed by atoms with van der Waals surface area (Å²) < 4.78 is 0. The molecule has 0 atom stereocenters. The molecule has 0 fully saturated rings. The van der Waals surface area contributed by atoms with Crippen molar-refractivity contribution in [1.29, 1.82) is 5.26 Å². The number of rotatable bonds is 5. The third kappa shape index (κ3) is 4.77. The van der Waals surface area contributed by atoms with Crippen LogP contribution < -0.4 is 0 Å². The van der Waals surface area contributed by atoms with Gasteiger partial charge in [-0.2, -0.15) is 5.26 Å². The third-order valence-corrected chi connectivity index (χ3v) is 8.39. The summed E-state index contributed by atoms with van der Waals surface area (Å²) >= 11 is 0. The van der Waals surface area contributed by atoms with E-state index in [9.17, 15) is 5.26 Å². The van der Waals surface area contributed by atoms with Crippen LogP contribution in [0.1, 0.15) is 5.56 Å². The number of nitrogens with zero attached hydrogens (tertiary/aromatic N) is 4. The predicted molar refractivity (Wildman–Crippen MR) is 187 cm³/mol. The smallest absolute Gasteiger partial charge is 0.165 e. The van der Waals surface area contributed by atoms with Crippen LogP contribution in [0.4, 0.5) is 0 Å². The summed E-state index contributed by atoms with van der Waals surface area (Å²) in [6.45, 7) is 0. The van der Waals surface area contributed by atoms with Gasteiger partial charge in [-0.25, -0.2) is 15.0 Å².